The molecular formula is C142H140. The summed E-state index contributed by atoms with van der Waals surface area (Å²) in [6.07, 6.45) is 0. The fraction of sp³-hybridized carbons (Fsp3) is 0.239. The first-order valence-corrected chi connectivity index (χ1v) is 51.4. The molecule has 0 amide bonds. The number of hydrogen-bond donors (Lipinski definition) is 0. The molecule has 1 aliphatic carbocycles. The normalized spacial score (nSPS) is 13.0. The van der Waals surface area contributed by atoms with Gasteiger partial charge in [0, 0.05) is 0 Å². The summed E-state index contributed by atoms with van der Waals surface area (Å²) in [5, 5.41) is 0. The van der Waals surface area contributed by atoms with Gasteiger partial charge in [-0.1, -0.05) is 457 Å². The van der Waals surface area contributed by atoms with Gasteiger partial charge in [0.1, 0.15) is 0 Å². The van der Waals surface area contributed by atoms with Crippen molar-refractivity contribution in [2.24, 2.45) is 0 Å². The number of benzene rings is 18. The molecule has 0 heteroatoms. The maximum Gasteiger partial charge on any atom is 0.0714 e. The standard InChI is InChI=1S/C142H140/c1-91-38-71-131-130(72-91)133-129(128-35-30-29-34-127(128)100-32-27-26-28-33-100)36-31-37-132(133)142(131,125-87-113(109-77-101(92-39-55-117(56-40-92)134(2,3)4)73-102(78-109)93-41-57-118(58-42-93)135(5,6)7)85-114(88-125)110-79-103(94-43-59-119(60-44-94)136(8,9)10)74-104(80-110)95-45-61-120(62-46-95)137(11,12)13)126-89-115(111-81-105(96-47-63-121(64-48-96)138(14,15)16)75-106(82-111)97-49-65-122(66-50-97)139(17,18)19)86-116(90-126)112-83-107(98-51-67-123(68-52-98)140(20,21)22)76-108(84-112)99-53-69-124(70-54-99)141(23,24)25/h26-90H,1-25H3. The molecule has 142 heavy (non-hydrogen) atoms. The lowest BCUT2D eigenvalue weighted by molar-refractivity contribution is 0.590. The molecule has 0 aromatic heterocycles. The molecule has 0 fully saturated rings. The number of aryl methyl sites for hydroxylation is 1. The third-order valence-electron chi connectivity index (χ3n) is 30.1. The lowest BCUT2D eigenvalue weighted by Gasteiger charge is -2.36. The average molecular weight is 1850 g/mol. The largest absolute Gasteiger partial charge is 0.0714 e. The lowest BCUT2D eigenvalue weighted by Crippen LogP contribution is -2.29. The Kier molecular flexibility index (Phi) is 25.1. The van der Waals surface area contributed by atoms with E-state index in [4.69, 9.17) is 0 Å². The first-order chi connectivity index (χ1) is 67.2. The minimum atomic E-state index is -1.11. The lowest BCUT2D eigenvalue weighted by atomic mass is 9.65. The van der Waals surface area contributed by atoms with E-state index in [-0.39, 0.29) is 43.3 Å². The average Bonchev–Trinajstić information content (AvgIpc) is 1.52. The molecule has 0 radical (unpaired) electrons. The summed E-state index contributed by atoms with van der Waals surface area (Å²) in [5.41, 5.74) is 49.3. The highest BCUT2D eigenvalue weighted by atomic mass is 14.5. The summed E-state index contributed by atoms with van der Waals surface area (Å²) in [5.74, 6) is 0. The molecule has 0 heterocycles. The predicted octanol–water partition coefficient (Wildman–Crippen LogP) is 40.1. The maximum atomic E-state index is 2.64. The molecular weight excluding hydrogens is 1710 g/mol. The van der Waals surface area contributed by atoms with Crippen LogP contribution in [0.5, 0.6) is 0 Å². The van der Waals surface area contributed by atoms with Crippen LogP contribution in [0.2, 0.25) is 0 Å². The van der Waals surface area contributed by atoms with Gasteiger partial charge in [-0.25, -0.2) is 0 Å². The van der Waals surface area contributed by atoms with Crippen molar-refractivity contribution in [2.45, 2.75) is 222 Å². The zero-order valence-electron chi connectivity index (χ0n) is 88.5. The zero-order valence-corrected chi connectivity index (χ0v) is 88.5. The molecule has 0 aliphatic heterocycles. The number of fused-ring (bicyclic) bond motifs is 3. The van der Waals surface area contributed by atoms with Crippen LogP contribution in [0, 0.1) is 6.92 Å². The molecule has 18 aromatic carbocycles. The maximum absolute atomic E-state index is 2.64. The van der Waals surface area contributed by atoms with Crippen LogP contribution in [0.15, 0.2) is 394 Å². The summed E-state index contributed by atoms with van der Waals surface area (Å²) in [6.45, 7) is 57.9. The number of hydrogen-bond acceptors (Lipinski definition) is 0. The highest BCUT2D eigenvalue weighted by molar-refractivity contribution is 6.01. The van der Waals surface area contributed by atoms with Gasteiger partial charge in [-0.15, -0.1) is 0 Å². The van der Waals surface area contributed by atoms with Crippen molar-refractivity contribution in [2.75, 3.05) is 0 Å². The van der Waals surface area contributed by atoms with Crippen molar-refractivity contribution in [3.8, 4) is 167 Å². The van der Waals surface area contributed by atoms with Crippen LogP contribution in [0.1, 0.15) is 238 Å². The molecule has 0 unspecified atom stereocenters. The molecule has 0 saturated carbocycles. The third kappa shape index (κ3) is 19.7. The quantitative estimate of drug-likeness (QED) is 0.0904. The second-order valence-electron chi connectivity index (χ2n) is 48.9. The first-order valence-electron chi connectivity index (χ1n) is 51.4. The van der Waals surface area contributed by atoms with Gasteiger partial charge in [-0.3, -0.25) is 0 Å². The van der Waals surface area contributed by atoms with Crippen LogP contribution in [0.4, 0.5) is 0 Å². The second kappa shape index (κ2) is 36.8. The van der Waals surface area contributed by atoms with Gasteiger partial charge in [0.2, 0.25) is 0 Å². The molecule has 708 valence electrons. The molecule has 0 spiro atoms. The molecule has 1 aliphatic rings. The van der Waals surface area contributed by atoms with Gasteiger partial charge in [-0.2, -0.15) is 0 Å². The summed E-state index contributed by atoms with van der Waals surface area (Å²) in [7, 11) is 0. The van der Waals surface area contributed by atoms with Crippen LogP contribution < -0.4 is 0 Å². The van der Waals surface area contributed by atoms with Crippen LogP contribution in [-0.4, -0.2) is 0 Å². The van der Waals surface area contributed by atoms with E-state index in [1.165, 1.54) is 94.6 Å². The van der Waals surface area contributed by atoms with Crippen LogP contribution in [-0.2, 0) is 48.7 Å². The Bertz CT molecular complexity index is 6700. The Morgan fingerprint density at radius 1 is 0.134 bits per heavy atom. The smallest absolute Gasteiger partial charge is 0.0622 e. The van der Waals surface area contributed by atoms with Gasteiger partial charge < -0.3 is 0 Å². The van der Waals surface area contributed by atoms with Crippen molar-refractivity contribution in [1.29, 1.82) is 0 Å². The SMILES string of the molecule is Cc1ccc2c(c1)-c1c(-c3ccccc3-c3ccccc3)cccc1C2(c1cc(-c2cc(-c3ccc(C(C)(C)C)cc3)cc(-c3ccc(C(C)(C)C)cc3)c2)cc(-c2cc(-c3ccc(C(C)(C)C)cc3)cc(-c3ccc(C(C)(C)C)cc3)c2)c1)c1cc(-c2cc(-c3ccc(C(C)(C)C)cc3)cc(-c3ccc(C(C)(C)C)cc3)c2)cc(-c2cc(-c3ccc(C(C)(C)C)cc3)cc(-c3ccc(C(C)(C)C)cc3)c2)c1. The fourth-order valence-corrected chi connectivity index (χ4v) is 21.3. The van der Waals surface area contributed by atoms with E-state index in [9.17, 15) is 0 Å². The fourth-order valence-electron chi connectivity index (χ4n) is 21.3. The van der Waals surface area contributed by atoms with E-state index < -0.39 is 5.41 Å². The molecule has 0 bridgehead atoms. The third-order valence-corrected chi connectivity index (χ3v) is 30.1. The van der Waals surface area contributed by atoms with Gasteiger partial charge in [0.05, 0.1) is 5.41 Å². The Balaban J connectivity index is 0.997. The van der Waals surface area contributed by atoms with Gasteiger partial charge in [0.25, 0.3) is 0 Å². The Labute approximate surface area is 849 Å². The highest BCUT2D eigenvalue weighted by Crippen LogP contribution is 2.62. The van der Waals surface area contributed by atoms with Crippen molar-refractivity contribution < 1.29 is 0 Å². The summed E-state index contributed by atoms with van der Waals surface area (Å²) >= 11 is 0. The topological polar surface area (TPSA) is 0 Å². The monoisotopic (exact) mass is 1850 g/mol. The van der Waals surface area contributed by atoms with E-state index in [0.717, 1.165) is 145 Å². The predicted molar refractivity (Wildman–Crippen MR) is 614 cm³/mol. The van der Waals surface area contributed by atoms with E-state index in [2.05, 4.69) is 567 Å². The van der Waals surface area contributed by atoms with Gasteiger partial charge >= 0.3 is 0 Å². The van der Waals surface area contributed by atoms with Crippen molar-refractivity contribution in [1.82, 2.24) is 0 Å². The second-order valence-corrected chi connectivity index (χ2v) is 48.9. The zero-order chi connectivity index (χ0) is 100. The Morgan fingerprint density at radius 3 is 0.556 bits per heavy atom. The number of rotatable bonds is 16. The molecule has 0 nitrogen and oxygen atoms in total. The summed E-state index contributed by atoms with van der Waals surface area (Å²) in [6, 6.07) is 156. The molecule has 0 saturated heterocycles. The van der Waals surface area contributed by atoms with E-state index in [1.54, 1.807) is 0 Å². The minimum absolute atomic E-state index is 0.0474. The molecule has 18 aromatic rings. The van der Waals surface area contributed by atoms with Crippen molar-refractivity contribution in [3.05, 3.63) is 467 Å². The first kappa shape index (κ1) is 96.8. The molecule has 0 atom stereocenters. The van der Waals surface area contributed by atoms with Crippen LogP contribution in [0.3, 0.4) is 0 Å². The van der Waals surface area contributed by atoms with E-state index in [1.807, 2.05) is 0 Å². The van der Waals surface area contributed by atoms with Crippen molar-refractivity contribution >= 4 is 0 Å². The van der Waals surface area contributed by atoms with Gasteiger partial charge in [-0.05, 0) is 393 Å². The summed E-state index contributed by atoms with van der Waals surface area (Å²) in [4.78, 5) is 0. The Morgan fingerprint density at radius 2 is 0.331 bits per heavy atom. The van der Waals surface area contributed by atoms with E-state index >= 15 is 0 Å². The molecule has 0 N–H and O–H groups in total. The Hall–Kier alpha value is -14.0. The van der Waals surface area contributed by atoms with Crippen molar-refractivity contribution in [3.63, 3.8) is 0 Å². The molecule has 19 rings (SSSR count). The minimum Gasteiger partial charge on any atom is -0.0622 e. The van der Waals surface area contributed by atoms with Crippen LogP contribution in [0.25, 0.3) is 167 Å². The van der Waals surface area contributed by atoms with Gasteiger partial charge in [0.15, 0.2) is 0 Å². The highest BCUT2D eigenvalue weighted by Gasteiger charge is 2.49. The van der Waals surface area contributed by atoms with E-state index in [0.29, 0.717) is 0 Å². The van der Waals surface area contributed by atoms with Crippen LogP contribution >= 0.6 is 0 Å². The summed E-state index contributed by atoms with van der Waals surface area (Å²) < 4.78 is 0.